The Labute approximate surface area is 181 Å². The number of ether oxygens (including phenoxy) is 4. The molecule has 30 heavy (non-hydrogen) atoms. The predicted octanol–water partition coefficient (Wildman–Crippen LogP) is 4.94. The van der Waals surface area contributed by atoms with Crippen LogP contribution < -0.4 is 9.80 Å². The second-order valence-electron chi connectivity index (χ2n) is 6.66. The molecule has 0 aliphatic heterocycles. The lowest BCUT2D eigenvalue weighted by atomic mass is 10.0. The van der Waals surface area contributed by atoms with Crippen molar-refractivity contribution in [2.24, 2.45) is 0 Å². The average Bonchev–Trinajstić information content (AvgIpc) is 2.80. The Hall–Kier alpha value is -2.12. The van der Waals surface area contributed by atoms with E-state index in [1.54, 1.807) is 0 Å². The highest BCUT2D eigenvalue weighted by atomic mass is 16.5. The predicted molar refractivity (Wildman–Crippen MR) is 123 cm³/mol. The van der Waals surface area contributed by atoms with Crippen LogP contribution in [0.2, 0.25) is 0 Å². The van der Waals surface area contributed by atoms with Crippen LogP contribution in [0.5, 0.6) is 0 Å². The van der Waals surface area contributed by atoms with E-state index in [2.05, 4.69) is 58.3 Å². The van der Waals surface area contributed by atoms with E-state index < -0.39 is 0 Å². The maximum Gasteiger partial charge on any atom is 0.120 e. The van der Waals surface area contributed by atoms with E-state index in [9.17, 15) is 0 Å². The number of nitrogens with zero attached hydrogens (tertiary/aromatic N) is 2. The Bertz CT molecular complexity index is 614. The summed E-state index contributed by atoms with van der Waals surface area (Å²) in [5, 5.41) is 0. The Morgan fingerprint density at radius 1 is 0.467 bits per heavy atom. The molecule has 2 aromatic rings. The fourth-order valence-electron chi connectivity index (χ4n) is 2.91. The lowest BCUT2D eigenvalue weighted by Gasteiger charge is -2.24. The molecule has 0 unspecified atom stereocenters. The molecule has 0 amide bonds. The van der Waals surface area contributed by atoms with E-state index in [0.29, 0.717) is 53.4 Å². The van der Waals surface area contributed by atoms with E-state index >= 15 is 0 Å². The number of rotatable bonds is 15. The number of benzene rings is 2. The van der Waals surface area contributed by atoms with Crippen molar-refractivity contribution < 1.29 is 18.9 Å². The van der Waals surface area contributed by atoms with Crippen LogP contribution in [-0.4, -0.2) is 53.4 Å². The third kappa shape index (κ3) is 7.61. The van der Waals surface area contributed by atoms with Crippen LogP contribution in [-0.2, 0) is 18.9 Å². The lowest BCUT2D eigenvalue weighted by Crippen LogP contribution is -2.29. The van der Waals surface area contributed by atoms with Gasteiger partial charge in [-0.3, -0.25) is 0 Å². The van der Waals surface area contributed by atoms with Crippen molar-refractivity contribution >= 4 is 11.4 Å². The normalized spacial score (nSPS) is 10.9. The molecule has 0 atom stereocenters. The first-order valence-electron chi connectivity index (χ1n) is 10.7. The summed E-state index contributed by atoms with van der Waals surface area (Å²) in [6.07, 6.45) is 0. The smallest absolute Gasteiger partial charge is 0.120 e. The monoisotopic (exact) mass is 416 g/mol. The van der Waals surface area contributed by atoms with Gasteiger partial charge in [0, 0.05) is 37.8 Å². The van der Waals surface area contributed by atoms with Gasteiger partial charge in [-0.2, -0.15) is 0 Å². The molecule has 0 radical (unpaired) electrons. The maximum absolute atomic E-state index is 5.57. The van der Waals surface area contributed by atoms with Crippen molar-refractivity contribution in [3.8, 4) is 11.1 Å². The molecule has 0 fully saturated rings. The number of anilines is 2. The van der Waals surface area contributed by atoms with E-state index in [0.717, 1.165) is 11.4 Å². The molecule has 0 saturated heterocycles. The molecule has 0 bridgehead atoms. The molecule has 0 aromatic heterocycles. The Kier molecular flexibility index (Phi) is 11.3. The van der Waals surface area contributed by atoms with Gasteiger partial charge in [0.25, 0.3) is 0 Å². The van der Waals surface area contributed by atoms with Gasteiger partial charge in [0.1, 0.15) is 26.9 Å². The molecule has 0 aliphatic rings. The lowest BCUT2D eigenvalue weighted by molar-refractivity contribution is 0.0958. The molecule has 0 spiro atoms. The summed E-state index contributed by atoms with van der Waals surface area (Å²) in [5.74, 6) is 0. The average molecular weight is 417 g/mol. The number of hydrogen-bond acceptors (Lipinski definition) is 6. The molecule has 6 heteroatoms. The van der Waals surface area contributed by atoms with Crippen molar-refractivity contribution in [1.82, 2.24) is 0 Å². The fourth-order valence-corrected chi connectivity index (χ4v) is 2.91. The van der Waals surface area contributed by atoms with Gasteiger partial charge in [0.05, 0.1) is 0 Å². The van der Waals surface area contributed by atoms with Gasteiger partial charge < -0.3 is 28.7 Å². The molecule has 166 valence electrons. The van der Waals surface area contributed by atoms with Gasteiger partial charge in [-0.25, -0.2) is 0 Å². The van der Waals surface area contributed by atoms with E-state index in [-0.39, 0.29) is 0 Å². The summed E-state index contributed by atoms with van der Waals surface area (Å²) < 4.78 is 22.3. The molecule has 0 N–H and O–H groups in total. The van der Waals surface area contributed by atoms with Gasteiger partial charge in [0.15, 0.2) is 0 Å². The van der Waals surface area contributed by atoms with Crippen molar-refractivity contribution in [3.05, 3.63) is 48.5 Å². The van der Waals surface area contributed by atoms with Gasteiger partial charge in [-0.05, 0) is 63.1 Å². The van der Waals surface area contributed by atoms with Gasteiger partial charge in [-0.1, -0.05) is 24.3 Å². The Morgan fingerprint density at radius 2 is 0.733 bits per heavy atom. The van der Waals surface area contributed by atoms with Crippen LogP contribution in [0, 0.1) is 0 Å². The summed E-state index contributed by atoms with van der Waals surface area (Å²) in [4.78, 5) is 4.17. The van der Waals surface area contributed by atoms with Crippen LogP contribution in [0.4, 0.5) is 11.4 Å². The van der Waals surface area contributed by atoms with Crippen molar-refractivity contribution in [1.29, 1.82) is 0 Å². The van der Waals surface area contributed by atoms with Crippen molar-refractivity contribution in [2.45, 2.75) is 27.7 Å². The molecule has 2 rings (SSSR count). The van der Waals surface area contributed by atoms with E-state index in [1.165, 1.54) is 11.1 Å². The van der Waals surface area contributed by atoms with Crippen molar-refractivity contribution in [3.63, 3.8) is 0 Å². The highest BCUT2D eigenvalue weighted by molar-refractivity contribution is 5.68. The van der Waals surface area contributed by atoms with Gasteiger partial charge in [0.2, 0.25) is 0 Å². The third-order valence-corrected chi connectivity index (χ3v) is 4.60. The second kappa shape index (κ2) is 14.0. The van der Waals surface area contributed by atoms with Crippen LogP contribution in [0.25, 0.3) is 11.1 Å². The highest BCUT2D eigenvalue weighted by Crippen LogP contribution is 2.26. The van der Waals surface area contributed by atoms with Gasteiger partial charge >= 0.3 is 0 Å². The largest absolute Gasteiger partial charge is 0.361 e. The summed E-state index contributed by atoms with van der Waals surface area (Å²) in [6.45, 7) is 12.7. The summed E-state index contributed by atoms with van der Waals surface area (Å²) in [6, 6.07) is 17.0. The summed E-state index contributed by atoms with van der Waals surface area (Å²) in [7, 11) is 0. The van der Waals surface area contributed by atoms with E-state index in [1.807, 2.05) is 27.7 Å². The number of hydrogen-bond donors (Lipinski definition) is 0. The molecule has 0 saturated carbocycles. The van der Waals surface area contributed by atoms with Crippen LogP contribution >= 0.6 is 0 Å². The first-order valence-corrected chi connectivity index (χ1v) is 10.7. The third-order valence-electron chi connectivity index (χ3n) is 4.60. The minimum absolute atomic E-state index is 0.514. The quantitative estimate of drug-likeness (QED) is 0.383. The molecular weight excluding hydrogens is 380 g/mol. The molecule has 6 nitrogen and oxygen atoms in total. The Morgan fingerprint density at radius 3 is 0.967 bits per heavy atom. The zero-order valence-electron chi connectivity index (χ0n) is 18.8. The SMILES string of the molecule is CCOCN(COCC)c1ccc(-c2ccc(N(COCC)COCC)cc2)cc1. The first kappa shape index (κ1) is 24.2. The Balaban J connectivity index is 2.09. The minimum Gasteiger partial charge on any atom is -0.361 e. The maximum atomic E-state index is 5.57. The fraction of sp³-hybridized carbons (Fsp3) is 0.500. The van der Waals surface area contributed by atoms with Crippen molar-refractivity contribution in [2.75, 3.05) is 63.2 Å². The molecule has 2 aromatic carbocycles. The summed E-state index contributed by atoms with van der Waals surface area (Å²) in [5.41, 5.74) is 4.49. The van der Waals surface area contributed by atoms with Crippen LogP contribution in [0.1, 0.15) is 27.7 Å². The molecule has 0 heterocycles. The van der Waals surface area contributed by atoms with E-state index in [4.69, 9.17) is 18.9 Å². The standard InChI is InChI=1S/C24H36N2O4/c1-5-27-17-25(18-28-6-2)23-13-9-21(10-14-23)22-11-15-24(16-12-22)26(19-29-7-3)20-30-8-4/h9-16H,5-8,17-20H2,1-4H3. The topological polar surface area (TPSA) is 43.4 Å². The van der Waals surface area contributed by atoms with Gasteiger partial charge in [-0.15, -0.1) is 0 Å². The summed E-state index contributed by atoms with van der Waals surface area (Å²) >= 11 is 0. The zero-order chi connectivity index (χ0) is 21.6. The van der Waals surface area contributed by atoms with Crippen LogP contribution in [0.15, 0.2) is 48.5 Å². The zero-order valence-corrected chi connectivity index (χ0v) is 18.8. The second-order valence-corrected chi connectivity index (χ2v) is 6.66. The molecular formula is C24H36N2O4. The minimum atomic E-state index is 0.514. The highest BCUT2D eigenvalue weighted by Gasteiger charge is 2.09. The van der Waals surface area contributed by atoms with Crippen LogP contribution in [0.3, 0.4) is 0 Å². The first-order chi connectivity index (χ1) is 14.7. The molecule has 0 aliphatic carbocycles.